The summed E-state index contributed by atoms with van der Waals surface area (Å²) in [5.41, 5.74) is 4.08. The summed E-state index contributed by atoms with van der Waals surface area (Å²) in [6, 6.07) is 16.7. The third-order valence-electron chi connectivity index (χ3n) is 5.64. The van der Waals surface area contributed by atoms with Gasteiger partial charge in [-0.05, 0) is 37.5 Å². The van der Waals surface area contributed by atoms with E-state index in [4.69, 9.17) is 9.57 Å². The summed E-state index contributed by atoms with van der Waals surface area (Å²) in [7, 11) is 0. The Hall–Kier alpha value is -3.46. The van der Waals surface area contributed by atoms with Crippen LogP contribution in [0.2, 0.25) is 0 Å². The predicted molar refractivity (Wildman–Crippen MR) is 128 cm³/mol. The molecule has 1 fully saturated rings. The molecule has 1 saturated heterocycles. The fourth-order valence-electron chi connectivity index (χ4n) is 3.72. The van der Waals surface area contributed by atoms with Crippen molar-refractivity contribution in [2.75, 3.05) is 18.6 Å². The molecule has 0 aliphatic carbocycles. The van der Waals surface area contributed by atoms with Crippen molar-refractivity contribution in [1.29, 1.82) is 0 Å². The second-order valence-corrected chi connectivity index (χ2v) is 9.13. The first kappa shape index (κ1) is 23.7. The van der Waals surface area contributed by atoms with Gasteiger partial charge in [-0.3, -0.25) is 0 Å². The number of piperidine rings is 1. The van der Waals surface area contributed by atoms with Gasteiger partial charge >= 0.3 is 12.1 Å². The van der Waals surface area contributed by atoms with Crippen LogP contribution in [0.15, 0.2) is 60.0 Å². The number of hydrogen-bond donors (Lipinski definition) is 1. The number of alkyl halides is 1. The normalized spacial score (nSPS) is 14.9. The van der Waals surface area contributed by atoms with Gasteiger partial charge in [0.15, 0.2) is 0 Å². The van der Waals surface area contributed by atoms with Crippen molar-refractivity contribution in [2.24, 2.45) is 0 Å². The van der Waals surface area contributed by atoms with Crippen molar-refractivity contribution in [3.8, 4) is 10.6 Å². The number of aryl methyl sites for hydroxylation is 1. The fraction of sp³-hybridized carbons (Fsp3) is 0.320. The molecule has 2 heterocycles. The van der Waals surface area contributed by atoms with E-state index in [2.05, 4.69) is 10.5 Å². The molecule has 34 heavy (non-hydrogen) atoms. The molecule has 1 aliphatic rings. The van der Waals surface area contributed by atoms with Crippen LogP contribution in [0.1, 0.15) is 30.5 Å². The van der Waals surface area contributed by atoms with Crippen LogP contribution in [0.25, 0.3) is 10.6 Å². The number of aromatic nitrogens is 1. The highest BCUT2D eigenvalue weighted by molar-refractivity contribution is 7.13. The van der Waals surface area contributed by atoms with Gasteiger partial charge in [-0.25, -0.2) is 24.4 Å². The highest BCUT2D eigenvalue weighted by atomic mass is 32.1. The highest BCUT2D eigenvalue weighted by Gasteiger charge is 2.39. The number of likely N-dealkylation sites (tertiary alicyclic amines) is 1. The van der Waals surface area contributed by atoms with E-state index in [-0.39, 0.29) is 32.5 Å². The minimum Gasteiger partial charge on any atom is -0.445 e. The Kier molecular flexibility index (Phi) is 7.42. The third kappa shape index (κ3) is 6.11. The number of para-hydroxylation sites is 1. The lowest BCUT2D eigenvalue weighted by Gasteiger charge is -2.35. The van der Waals surface area contributed by atoms with Gasteiger partial charge in [-0.15, -0.1) is 11.3 Å². The molecule has 0 saturated carbocycles. The summed E-state index contributed by atoms with van der Waals surface area (Å²) in [5.74, 6) is -0.701. The van der Waals surface area contributed by atoms with Crippen LogP contribution in [0.3, 0.4) is 0 Å². The van der Waals surface area contributed by atoms with Crippen LogP contribution < -0.4 is 5.48 Å². The van der Waals surface area contributed by atoms with Crippen molar-refractivity contribution < 1.29 is 23.6 Å². The summed E-state index contributed by atoms with van der Waals surface area (Å²) in [5, 5.41) is 2.74. The molecule has 0 radical (unpaired) electrons. The van der Waals surface area contributed by atoms with E-state index < -0.39 is 24.2 Å². The van der Waals surface area contributed by atoms with Gasteiger partial charge in [0.05, 0.1) is 12.1 Å². The quantitative estimate of drug-likeness (QED) is 0.446. The van der Waals surface area contributed by atoms with Crippen LogP contribution in [0.5, 0.6) is 0 Å². The molecule has 7 nitrogen and oxygen atoms in total. The lowest BCUT2D eigenvalue weighted by atomic mass is 9.90. The van der Waals surface area contributed by atoms with E-state index in [0.29, 0.717) is 5.69 Å². The zero-order valence-electron chi connectivity index (χ0n) is 18.8. The van der Waals surface area contributed by atoms with Gasteiger partial charge in [0.2, 0.25) is 0 Å². The number of amides is 1. The lowest BCUT2D eigenvalue weighted by molar-refractivity contribution is -0.144. The van der Waals surface area contributed by atoms with E-state index in [1.807, 2.05) is 60.8 Å². The molecule has 9 heteroatoms. The first-order chi connectivity index (χ1) is 16.4. The minimum atomic E-state index is -1.74. The Balaban J connectivity index is 1.25. The molecule has 1 N–H and O–H groups in total. The fourth-order valence-corrected chi connectivity index (χ4v) is 4.56. The number of anilines is 1. The molecule has 1 aromatic heterocycles. The molecule has 2 aromatic carbocycles. The van der Waals surface area contributed by atoms with E-state index >= 15 is 4.39 Å². The zero-order chi connectivity index (χ0) is 24.0. The van der Waals surface area contributed by atoms with E-state index in [9.17, 15) is 9.59 Å². The molecular formula is C25H26FN3O4S. The summed E-state index contributed by atoms with van der Waals surface area (Å²) in [6.07, 6.45) is -0.801. The maximum Gasteiger partial charge on any atom is 0.410 e. The van der Waals surface area contributed by atoms with Crippen LogP contribution in [-0.2, 0) is 21.0 Å². The molecule has 4 rings (SSSR count). The van der Waals surface area contributed by atoms with Gasteiger partial charge in [-0.1, -0.05) is 42.5 Å². The number of hydrogen-bond acceptors (Lipinski definition) is 7. The lowest BCUT2D eigenvalue weighted by Crippen LogP contribution is -2.45. The Morgan fingerprint density at radius 2 is 1.82 bits per heavy atom. The molecule has 0 unspecified atom stereocenters. The van der Waals surface area contributed by atoms with Gasteiger partial charge in [0, 0.05) is 29.7 Å². The van der Waals surface area contributed by atoms with Gasteiger partial charge < -0.3 is 14.5 Å². The number of thiazole rings is 1. The first-order valence-electron chi connectivity index (χ1n) is 11.0. The molecule has 178 valence electrons. The summed E-state index contributed by atoms with van der Waals surface area (Å²) >= 11 is 1.49. The topological polar surface area (TPSA) is 80.8 Å². The molecule has 3 aromatic rings. The summed E-state index contributed by atoms with van der Waals surface area (Å²) < 4.78 is 20.6. The SMILES string of the molecule is Cc1csc(-c2ccccc2NOC(=O)CC2(F)CCN(C(=O)OCc3ccccc3)CC2)n1. The number of carbonyl (C=O) groups excluding carboxylic acids is 2. The summed E-state index contributed by atoms with van der Waals surface area (Å²) in [6.45, 7) is 2.43. The predicted octanol–water partition coefficient (Wildman–Crippen LogP) is 5.52. The maximum absolute atomic E-state index is 15.3. The Morgan fingerprint density at radius 3 is 2.53 bits per heavy atom. The molecular weight excluding hydrogens is 457 g/mol. The largest absolute Gasteiger partial charge is 0.445 e. The Labute approximate surface area is 201 Å². The van der Waals surface area contributed by atoms with E-state index in [1.54, 1.807) is 6.07 Å². The summed E-state index contributed by atoms with van der Waals surface area (Å²) in [4.78, 5) is 35.8. The van der Waals surface area contributed by atoms with Crippen LogP contribution in [0.4, 0.5) is 14.9 Å². The second-order valence-electron chi connectivity index (χ2n) is 8.27. The Morgan fingerprint density at radius 1 is 1.12 bits per heavy atom. The average Bonchev–Trinajstić information content (AvgIpc) is 3.28. The molecule has 0 spiro atoms. The molecule has 1 aliphatic heterocycles. The highest BCUT2D eigenvalue weighted by Crippen LogP contribution is 2.32. The van der Waals surface area contributed by atoms with Crippen LogP contribution >= 0.6 is 11.3 Å². The number of rotatable bonds is 7. The van der Waals surface area contributed by atoms with Crippen molar-refractivity contribution >= 4 is 29.1 Å². The number of nitrogens with zero attached hydrogens (tertiary/aromatic N) is 2. The molecule has 1 amide bonds. The second kappa shape index (κ2) is 10.6. The zero-order valence-corrected chi connectivity index (χ0v) is 19.6. The number of benzene rings is 2. The molecule has 0 atom stereocenters. The average molecular weight is 484 g/mol. The smallest absolute Gasteiger partial charge is 0.410 e. The van der Waals surface area contributed by atoms with Crippen molar-refractivity contribution in [3.05, 3.63) is 71.2 Å². The monoisotopic (exact) mass is 483 g/mol. The number of nitrogens with one attached hydrogen (secondary N) is 1. The number of halogens is 1. The van der Waals surface area contributed by atoms with Crippen molar-refractivity contribution in [3.63, 3.8) is 0 Å². The van der Waals surface area contributed by atoms with Gasteiger partial charge in [0.1, 0.15) is 17.3 Å². The Bertz CT molecular complexity index is 1130. The van der Waals surface area contributed by atoms with Gasteiger partial charge in [0.25, 0.3) is 0 Å². The number of carbonyl (C=O) groups is 2. The van der Waals surface area contributed by atoms with Crippen molar-refractivity contribution in [1.82, 2.24) is 9.88 Å². The van der Waals surface area contributed by atoms with E-state index in [0.717, 1.165) is 21.8 Å². The van der Waals surface area contributed by atoms with Crippen LogP contribution in [0, 0.1) is 6.92 Å². The van der Waals surface area contributed by atoms with Crippen molar-refractivity contribution in [2.45, 2.75) is 38.5 Å². The van der Waals surface area contributed by atoms with Gasteiger partial charge in [-0.2, -0.15) is 0 Å². The number of ether oxygens (including phenoxy) is 1. The molecule has 0 bridgehead atoms. The maximum atomic E-state index is 15.3. The first-order valence-corrected chi connectivity index (χ1v) is 11.9. The van der Waals surface area contributed by atoms with Crippen LogP contribution in [-0.4, -0.2) is 40.7 Å². The van der Waals surface area contributed by atoms with E-state index in [1.165, 1.54) is 16.2 Å². The standard InChI is InChI=1S/C25H26FN3O4S/c1-18-17-34-23(27-18)20-9-5-6-10-21(20)28-33-22(30)15-25(26)11-13-29(14-12-25)24(31)32-16-19-7-3-2-4-8-19/h2-10,17,28H,11-16H2,1H3. The minimum absolute atomic E-state index is 0.0392. The third-order valence-corrected chi connectivity index (χ3v) is 6.63.